The third-order valence-corrected chi connectivity index (χ3v) is 4.01. The number of carbonyl (C=O) groups excluding carboxylic acids is 1. The minimum Gasteiger partial charge on any atom is -0.355 e. The predicted molar refractivity (Wildman–Crippen MR) is 69.9 cm³/mol. The summed E-state index contributed by atoms with van der Waals surface area (Å²) in [6, 6.07) is 4.90. The molecule has 2 N–H and O–H groups in total. The van der Waals surface area contributed by atoms with Crippen LogP contribution in [0.4, 0.5) is 0 Å². The molecule has 0 saturated heterocycles. The molecule has 0 unspecified atom stereocenters. The highest BCUT2D eigenvalue weighted by Gasteiger charge is 2.21. The Hall–Kier alpha value is -1.11. The maximum absolute atomic E-state index is 11.9. The Morgan fingerprint density at radius 1 is 1.33 bits per heavy atom. The van der Waals surface area contributed by atoms with Gasteiger partial charge >= 0.3 is 0 Å². The number of amides is 1. The summed E-state index contributed by atoms with van der Waals surface area (Å²) in [4.78, 5) is 11.5. The van der Waals surface area contributed by atoms with E-state index in [4.69, 9.17) is 11.6 Å². The van der Waals surface area contributed by atoms with Crippen LogP contribution in [0.3, 0.4) is 0 Å². The average Bonchev–Trinajstić information content (AvgIpc) is 2.29. The number of halogens is 1. The molecule has 18 heavy (non-hydrogen) atoms. The van der Waals surface area contributed by atoms with Crippen LogP contribution in [0.25, 0.3) is 0 Å². The molecule has 100 valence electrons. The standard InChI is InChI=1S/C11H15ClN2O3S/c1-3-13-11(15)8(2)14-18(16,17)10-6-4-9(12)5-7-10/h4-8,14H,3H2,1-2H3,(H,13,15)/t8-/m0/s1. The van der Waals surface area contributed by atoms with Gasteiger partial charge in [-0.3, -0.25) is 4.79 Å². The minimum atomic E-state index is -3.71. The first-order valence-electron chi connectivity index (χ1n) is 5.42. The smallest absolute Gasteiger partial charge is 0.241 e. The van der Waals surface area contributed by atoms with Crippen LogP contribution in [0.15, 0.2) is 29.2 Å². The van der Waals surface area contributed by atoms with E-state index in [1.54, 1.807) is 6.92 Å². The van der Waals surface area contributed by atoms with Crippen LogP contribution in [-0.4, -0.2) is 26.9 Å². The molecule has 1 rings (SSSR count). The van der Waals surface area contributed by atoms with E-state index >= 15 is 0 Å². The fraction of sp³-hybridized carbons (Fsp3) is 0.364. The number of benzene rings is 1. The zero-order chi connectivity index (χ0) is 13.8. The lowest BCUT2D eigenvalue weighted by Gasteiger charge is -2.13. The molecule has 1 aromatic carbocycles. The van der Waals surface area contributed by atoms with E-state index in [9.17, 15) is 13.2 Å². The Kier molecular flexibility index (Phi) is 5.13. The molecule has 1 atom stereocenters. The summed E-state index contributed by atoms with van der Waals surface area (Å²) in [6.45, 7) is 3.70. The number of likely N-dealkylation sites (N-methyl/N-ethyl adjacent to an activating group) is 1. The second kappa shape index (κ2) is 6.17. The zero-order valence-corrected chi connectivity index (χ0v) is 11.7. The lowest BCUT2D eigenvalue weighted by atomic mass is 10.3. The average molecular weight is 291 g/mol. The number of carbonyl (C=O) groups is 1. The van der Waals surface area contributed by atoms with Crippen LogP contribution in [0.5, 0.6) is 0 Å². The van der Waals surface area contributed by atoms with E-state index in [-0.39, 0.29) is 10.8 Å². The van der Waals surface area contributed by atoms with Gasteiger partial charge < -0.3 is 5.32 Å². The Bertz CT molecular complexity index is 514. The molecule has 1 amide bonds. The second-order valence-electron chi connectivity index (χ2n) is 3.69. The Balaban J connectivity index is 2.82. The Labute approximate surface area is 112 Å². The molecule has 0 bridgehead atoms. The predicted octanol–water partition coefficient (Wildman–Crippen LogP) is 1.14. The van der Waals surface area contributed by atoms with Gasteiger partial charge in [-0.1, -0.05) is 11.6 Å². The van der Waals surface area contributed by atoms with Gasteiger partial charge in [0.2, 0.25) is 15.9 Å². The first-order valence-corrected chi connectivity index (χ1v) is 7.28. The molecule has 0 aliphatic carbocycles. The maximum atomic E-state index is 11.9. The summed E-state index contributed by atoms with van der Waals surface area (Å²) < 4.78 is 26.2. The Morgan fingerprint density at radius 2 is 1.89 bits per heavy atom. The topological polar surface area (TPSA) is 75.3 Å². The number of rotatable bonds is 5. The van der Waals surface area contributed by atoms with Crippen molar-refractivity contribution in [2.24, 2.45) is 0 Å². The quantitative estimate of drug-likeness (QED) is 0.854. The molecular formula is C11H15ClN2O3S. The highest BCUT2D eigenvalue weighted by atomic mass is 35.5. The number of hydrogen-bond acceptors (Lipinski definition) is 3. The van der Waals surface area contributed by atoms with E-state index in [1.165, 1.54) is 31.2 Å². The SMILES string of the molecule is CCNC(=O)[C@H](C)NS(=O)(=O)c1ccc(Cl)cc1. The summed E-state index contributed by atoms with van der Waals surface area (Å²) in [5, 5.41) is 2.99. The first-order chi connectivity index (χ1) is 8.36. The fourth-order valence-electron chi connectivity index (χ4n) is 1.30. The molecule has 1 aromatic rings. The molecule has 0 aromatic heterocycles. The summed E-state index contributed by atoms with van der Waals surface area (Å²) in [5.41, 5.74) is 0. The normalized spacial score (nSPS) is 13.1. The minimum absolute atomic E-state index is 0.0723. The van der Waals surface area contributed by atoms with Crippen molar-refractivity contribution >= 4 is 27.5 Å². The summed E-state index contributed by atoms with van der Waals surface area (Å²) in [7, 11) is -3.71. The van der Waals surface area contributed by atoms with Crippen molar-refractivity contribution in [2.45, 2.75) is 24.8 Å². The summed E-state index contributed by atoms with van der Waals surface area (Å²) in [6.07, 6.45) is 0. The highest BCUT2D eigenvalue weighted by Crippen LogP contribution is 2.14. The summed E-state index contributed by atoms with van der Waals surface area (Å²) >= 11 is 5.68. The maximum Gasteiger partial charge on any atom is 0.241 e. The van der Waals surface area contributed by atoms with Crippen molar-refractivity contribution in [3.8, 4) is 0 Å². The number of hydrogen-bond donors (Lipinski definition) is 2. The van der Waals surface area contributed by atoms with Gasteiger partial charge in [0.05, 0.1) is 10.9 Å². The van der Waals surface area contributed by atoms with Crippen LogP contribution in [0.1, 0.15) is 13.8 Å². The van der Waals surface area contributed by atoms with Crippen molar-refractivity contribution in [3.63, 3.8) is 0 Å². The van der Waals surface area contributed by atoms with Crippen LogP contribution < -0.4 is 10.0 Å². The Morgan fingerprint density at radius 3 is 2.39 bits per heavy atom. The van der Waals surface area contributed by atoms with Gasteiger partial charge in [0, 0.05) is 11.6 Å². The highest BCUT2D eigenvalue weighted by molar-refractivity contribution is 7.89. The van der Waals surface area contributed by atoms with Crippen molar-refractivity contribution in [1.29, 1.82) is 0 Å². The third-order valence-electron chi connectivity index (χ3n) is 2.20. The molecule has 0 radical (unpaired) electrons. The lowest BCUT2D eigenvalue weighted by Crippen LogP contribution is -2.44. The molecule has 0 spiro atoms. The van der Waals surface area contributed by atoms with Gasteiger partial charge in [0.15, 0.2) is 0 Å². The largest absolute Gasteiger partial charge is 0.355 e. The fourth-order valence-corrected chi connectivity index (χ4v) is 2.62. The van der Waals surface area contributed by atoms with E-state index in [0.29, 0.717) is 11.6 Å². The van der Waals surface area contributed by atoms with Crippen LogP contribution >= 0.6 is 11.6 Å². The first kappa shape index (κ1) is 14.9. The van der Waals surface area contributed by atoms with Gasteiger partial charge in [0.25, 0.3) is 0 Å². The molecule has 0 saturated carbocycles. The third kappa shape index (κ3) is 3.97. The van der Waals surface area contributed by atoms with Gasteiger partial charge in [-0.15, -0.1) is 0 Å². The molecule has 7 heteroatoms. The molecule has 0 aliphatic heterocycles. The molecular weight excluding hydrogens is 276 g/mol. The number of sulfonamides is 1. The van der Waals surface area contributed by atoms with Gasteiger partial charge in [-0.05, 0) is 38.1 Å². The molecule has 0 fully saturated rings. The monoisotopic (exact) mass is 290 g/mol. The second-order valence-corrected chi connectivity index (χ2v) is 5.84. The van der Waals surface area contributed by atoms with E-state index in [0.717, 1.165) is 0 Å². The van der Waals surface area contributed by atoms with E-state index in [1.807, 2.05) is 0 Å². The molecule has 5 nitrogen and oxygen atoms in total. The van der Waals surface area contributed by atoms with Crippen LogP contribution in [0.2, 0.25) is 5.02 Å². The zero-order valence-electron chi connectivity index (χ0n) is 10.1. The van der Waals surface area contributed by atoms with Crippen molar-refractivity contribution < 1.29 is 13.2 Å². The van der Waals surface area contributed by atoms with Gasteiger partial charge in [0.1, 0.15) is 0 Å². The van der Waals surface area contributed by atoms with Crippen LogP contribution in [-0.2, 0) is 14.8 Å². The van der Waals surface area contributed by atoms with Gasteiger partial charge in [-0.2, -0.15) is 4.72 Å². The molecule has 0 aliphatic rings. The van der Waals surface area contributed by atoms with E-state index < -0.39 is 16.1 Å². The van der Waals surface area contributed by atoms with Crippen LogP contribution in [0, 0.1) is 0 Å². The molecule has 0 heterocycles. The van der Waals surface area contributed by atoms with Crippen molar-refractivity contribution in [2.75, 3.05) is 6.54 Å². The van der Waals surface area contributed by atoms with Crippen molar-refractivity contribution in [1.82, 2.24) is 10.0 Å². The van der Waals surface area contributed by atoms with E-state index in [2.05, 4.69) is 10.0 Å². The summed E-state index contributed by atoms with van der Waals surface area (Å²) in [5.74, 6) is -0.366. The lowest BCUT2D eigenvalue weighted by molar-refractivity contribution is -0.122. The van der Waals surface area contributed by atoms with Crippen molar-refractivity contribution in [3.05, 3.63) is 29.3 Å². The van der Waals surface area contributed by atoms with Gasteiger partial charge in [-0.25, -0.2) is 8.42 Å². The number of nitrogens with one attached hydrogen (secondary N) is 2.